The second kappa shape index (κ2) is 6.82. The highest BCUT2D eigenvalue weighted by Crippen LogP contribution is 2.16. The average molecular weight is 309 g/mol. The van der Waals surface area contributed by atoms with Gasteiger partial charge in [-0.3, -0.25) is 9.27 Å². The molecule has 8 heteroatoms. The summed E-state index contributed by atoms with van der Waals surface area (Å²) < 4.78 is 34.9. The Morgan fingerprint density at radius 3 is 2.24 bits per heavy atom. The molecule has 2 aromatic carbocycles. The Morgan fingerprint density at radius 2 is 1.62 bits per heavy atom. The number of amides is 2. The van der Waals surface area contributed by atoms with Crippen LogP contribution in [0.5, 0.6) is 0 Å². The van der Waals surface area contributed by atoms with E-state index in [9.17, 15) is 13.4 Å². The normalized spacial score (nSPS) is 11.5. The summed E-state index contributed by atoms with van der Waals surface area (Å²) in [6.45, 7) is 0. The van der Waals surface area contributed by atoms with E-state index in [-0.39, 0.29) is 5.69 Å². The molecule has 21 heavy (non-hydrogen) atoms. The van der Waals surface area contributed by atoms with Crippen LogP contribution in [-0.2, 0) is 11.3 Å². The van der Waals surface area contributed by atoms with Crippen LogP contribution < -0.4 is 15.4 Å². The summed E-state index contributed by atoms with van der Waals surface area (Å²) in [4.78, 5) is 11.7. The number of nitrogens with one attached hydrogen (secondary N) is 3. The lowest BCUT2D eigenvalue weighted by Crippen LogP contribution is -2.20. The van der Waals surface area contributed by atoms with Gasteiger partial charge in [0.2, 0.25) is 0 Å². The SMILES string of the molecule is O=C(Nc1ccc(NS(=O)O)cc1)Nc1ccccc1F. The lowest BCUT2D eigenvalue weighted by atomic mass is 10.3. The predicted molar refractivity (Wildman–Crippen MR) is 79.9 cm³/mol. The van der Waals surface area contributed by atoms with Gasteiger partial charge in [0.25, 0.3) is 11.3 Å². The fourth-order valence-corrected chi connectivity index (χ4v) is 1.91. The molecule has 6 nitrogen and oxygen atoms in total. The third kappa shape index (κ3) is 4.55. The van der Waals surface area contributed by atoms with E-state index in [1.54, 1.807) is 6.07 Å². The van der Waals surface area contributed by atoms with Crippen molar-refractivity contribution in [3.63, 3.8) is 0 Å². The van der Waals surface area contributed by atoms with Crippen LogP contribution in [0, 0.1) is 5.82 Å². The zero-order chi connectivity index (χ0) is 15.2. The molecule has 4 N–H and O–H groups in total. The van der Waals surface area contributed by atoms with Crippen LogP contribution in [0.1, 0.15) is 0 Å². The smallest absolute Gasteiger partial charge is 0.308 e. The van der Waals surface area contributed by atoms with Gasteiger partial charge in [0, 0.05) is 11.4 Å². The molecule has 2 rings (SSSR count). The maximum Gasteiger partial charge on any atom is 0.323 e. The zero-order valence-electron chi connectivity index (χ0n) is 10.7. The maximum atomic E-state index is 13.4. The number of hydrogen-bond acceptors (Lipinski definition) is 2. The van der Waals surface area contributed by atoms with Crippen molar-refractivity contribution >= 4 is 34.4 Å². The minimum atomic E-state index is -2.15. The van der Waals surface area contributed by atoms with Gasteiger partial charge in [-0.2, -0.15) is 0 Å². The van der Waals surface area contributed by atoms with Gasteiger partial charge in [0.15, 0.2) is 0 Å². The minimum absolute atomic E-state index is 0.0731. The quantitative estimate of drug-likeness (QED) is 0.654. The molecule has 0 aliphatic heterocycles. The molecule has 0 radical (unpaired) electrons. The van der Waals surface area contributed by atoms with E-state index in [0.717, 1.165) is 0 Å². The summed E-state index contributed by atoms with van der Waals surface area (Å²) in [5.41, 5.74) is 0.956. The molecule has 1 atom stereocenters. The van der Waals surface area contributed by atoms with E-state index in [1.165, 1.54) is 42.5 Å². The van der Waals surface area contributed by atoms with Gasteiger partial charge in [-0.1, -0.05) is 12.1 Å². The van der Waals surface area contributed by atoms with Gasteiger partial charge >= 0.3 is 6.03 Å². The molecule has 0 bridgehead atoms. The van der Waals surface area contributed by atoms with Crippen LogP contribution in [0.15, 0.2) is 48.5 Å². The highest BCUT2D eigenvalue weighted by molar-refractivity contribution is 7.80. The number of halogens is 1. The van der Waals surface area contributed by atoms with E-state index in [2.05, 4.69) is 15.4 Å². The molecule has 0 spiro atoms. The number of rotatable bonds is 4. The second-order valence-electron chi connectivity index (χ2n) is 3.99. The van der Waals surface area contributed by atoms with E-state index < -0.39 is 23.1 Å². The molecule has 1 unspecified atom stereocenters. The number of anilines is 3. The summed E-state index contributed by atoms with van der Waals surface area (Å²) in [6.07, 6.45) is 0. The molecular formula is C13H12FN3O3S. The number of carbonyl (C=O) groups excluding carboxylic acids is 1. The standard InChI is InChI=1S/C13H12FN3O3S/c14-11-3-1-2-4-12(11)16-13(18)15-9-5-7-10(8-6-9)17-21(19)20/h1-8,17H,(H,19,20)(H2,15,16,18). The van der Waals surface area contributed by atoms with E-state index in [0.29, 0.717) is 11.4 Å². The van der Waals surface area contributed by atoms with Crippen LogP contribution in [0.4, 0.5) is 26.2 Å². The molecule has 0 aliphatic carbocycles. The van der Waals surface area contributed by atoms with Crippen LogP contribution in [-0.4, -0.2) is 14.8 Å². The molecule has 0 fully saturated rings. The average Bonchev–Trinajstić information content (AvgIpc) is 2.43. The molecule has 110 valence electrons. The van der Waals surface area contributed by atoms with Crippen LogP contribution in [0.3, 0.4) is 0 Å². The van der Waals surface area contributed by atoms with Crippen LogP contribution in [0.2, 0.25) is 0 Å². The van der Waals surface area contributed by atoms with Crippen molar-refractivity contribution < 1.29 is 17.9 Å². The van der Waals surface area contributed by atoms with Gasteiger partial charge in [-0.25, -0.2) is 13.4 Å². The maximum absolute atomic E-state index is 13.4. The number of urea groups is 1. The first-order valence-electron chi connectivity index (χ1n) is 5.85. The van der Waals surface area contributed by atoms with Gasteiger partial charge in [0.05, 0.1) is 5.69 Å². The van der Waals surface area contributed by atoms with Gasteiger partial charge in [-0.15, -0.1) is 0 Å². The molecule has 0 saturated carbocycles. The Balaban J connectivity index is 1.96. The van der Waals surface area contributed by atoms with Crippen LogP contribution >= 0.6 is 0 Å². The lowest BCUT2D eigenvalue weighted by molar-refractivity contribution is 0.262. The molecule has 0 heterocycles. The first-order chi connectivity index (χ1) is 10.0. The summed E-state index contributed by atoms with van der Waals surface area (Å²) in [5.74, 6) is -0.530. The Kier molecular flexibility index (Phi) is 4.85. The molecule has 2 amide bonds. The Hall–Kier alpha value is -2.45. The number of hydrogen-bond donors (Lipinski definition) is 4. The fourth-order valence-electron chi connectivity index (χ4n) is 1.57. The second-order valence-corrected chi connectivity index (χ2v) is 4.69. The van der Waals surface area contributed by atoms with E-state index >= 15 is 0 Å². The molecular weight excluding hydrogens is 297 g/mol. The monoisotopic (exact) mass is 309 g/mol. The van der Waals surface area contributed by atoms with Crippen molar-refractivity contribution in [2.45, 2.75) is 0 Å². The van der Waals surface area contributed by atoms with Crippen molar-refractivity contribution in [1.29, 1.82) is 0 Å². The summed E-state index contributed by atoms with van der Waals surface area (Å²) in [6, 6.07) is 11.3. The van der Waals surface area contributed by atoms with Crippen molar-refractivity contribution in [3.8, 4) is 0 Å². The summed E-state index contributed by atoms with van der Waals surface area (Å²) in [7, 11) is 0. The third-order valence-corrected chi connectivity index (χ3v) is 2.88. The zero-order valence-corrected chi connectivity index (χ0v) is 11.5. The largest absolute Gasteiger partial charge is 0.323 e. The molecule has 0 saturated heterocycles. The topological polar surface area (TPSA) is 90.5 Å². The fraction of sp³-hybridized carbons (Fsp3) is 0. The Morgan fingerprint density at radius 1 is 1.00 bits per heavy atom. The highest BCUT2D eigenvalue weighted by Gasteiger charge is 2.06. The van der Waals surface area contributed by atoms with Crippen molar-refractivity contribution in [2.24, 2.45) is 0 Å². The highest BCUT2D eigenvalue weighted by atomic mass is 32.2. The number of benzene rings is 2. The minimum Gasteiger partial charge on any atom is -0.308 e. The Labute approximate surface area is 122 Å². The Bertz CT molecular complexity index is 664. The van der Waals surface area contributed by atoms with E-state index in [1.807, 2.05) is 0 Å². The molecule has 0 aromatic heterocycles. The van der Waals surface area contributed by atoms with Gasteiger partial charge < -0.3 is 10.6 Å². The predicted octanol–water partition coefficient (Wildman–Crippen LogP) is 3.02. The molecule has 2 aromatic rings. The first kappa shape index (κ1) is 14.9. The van der Waals surface area contributed by atoms with Gasteiger partial charge in [0.1, 0.15) is 5.82 Å². The number of carbonyl (C=O) groups is 1. The third-order valence-electron chi connectivity index (χ3n) is 2.47. The van der Waals surface area contributed by atoms with Crippen molar-refractivity contribution in [3.05, 3.63) is 54.3 Å². The molecule has 0 aliphatic rings. The summed E-state index contributed by atoms with van der Waals surface area (Å²) >= 11 is -2.15. The van der Waals surface area contributed by atoms with Crippen LogP contribution in [0.25, 0.3) is 0 Å². The number of para-hydroxylation sites is 1. The van der Waals surface area contributed by atoms with Crippen molar-refractivity contribution in [2.75, 3.05) is 15.4 Å². The van der Waals surface area contributed by atoms with Gasteiger partial charge in [-0.05, 0) is 36.4 Å². The first-order valence-corrected chi connectivity index (χ1v) is 6.95. The lowest BCUT2D eigenvalue weighted by Gasteiger charge is -2.09. The van der Waals surface area contributed by atoms with Crippen molar-refractivity contribution in [1.82, 2.24) is 0 Å². The van der Waals surface area contributed by atoms with E-state index in [4.69, 9.17) is 4.55 Å². The summed E-state index contributed by atoms with van der Waals surface area (Å²) in [5, 5.41) is 4.89.